The van der Waals surface area contributed by atoms with Crippen LogP contribution >= 0.6 is 0 Å². The molecule has 0 heterocycles. The van der Waals surface area contributed by atoms with Crippen molar-refractivity contribution in [2.24, 2.45) is 11.3 Å². The first kappa shape index (κ1) is 12.6. The third kappa shape index (κ3) is 2.90. The van der Waals surface area contributed by atoms with E-state index in [0.717, 1.165) is 12.5 Å². The quantitative estimate of drug-likeness (QED) is 0.817. The van der Waals surface area contributed by atoms with E-state index in [2.05, 4.69) is 57.3 Å². The maximum atomic E-state index is 3.68. The van der Waals surface area contributed by atoms with E-state index in [1.165, 1.54) is 24.0 Å². The molecule has 1 aliphatic rings. The van der Waals surface area contributed by atoms with Gasteiger partial charge in [0, 0.05) is 6.04 Å². The van der Waals surface area contributed by atoms with Crippen molar-refractivity contribution in [2.75, 3.05) is 6.54 Å². The Hall–Kier alpha value is -0.820. The maximum absolute atomic E-state index is 3.68. The molecule has 0 bridgehead atoms. The van der Waals surface area contributed by atoms with Crippen LogP contribution in [0.3, 0.4) is 0 Å². The highest BCUT2D eigenvalue weighted by Gasteiger charge is 2.49. The summed E-state index contributed by atoms with van der Waals surface area (Å²) in [6.45, 7) is 10.3. The van der Waals surface area contributed by atoms with E-state index < -0.39 is 0 Å². The zero-order valence-electron chi connectivity index (χ0n) is 11.6. The molecule has 1 aliphatic carbocycles. The first-order chi connectivity index (χ1) is 8.04. The van der Waals surface area contributed by atoms with Crippen molar-refractivity contribution in [3.8, 4) is 0 Å². The molecule has 2 rings (SSSR count). The molecule has 1 heteroatoms. The molecular formula is C16H25N. The molecule has 17 heavy (non-hydrogen) atoms. The first-order valence-electron chi connectivity index (χ1n) is 6.82. The second-order valence-corrected chi connectivity index (χ2v) is 6.09. The topological polar surface area (TPSA) is 12.0 Å². The number of hydrogen-bond donors (Lipinski definition) is 1. The second kappa shape index (κ2) is 4.81. The van der Waals surface area contributed by atoms with Crippen LogP contribution in [-0.4, -0.2) is 12.6 Å². The van der Waals surface area contributed by atoms with Crippen molar-refractivity contribution in [2.45, 2.75) is 46.6 Å². The normalized spacial score (nSPS) is 23.4. The third-order valence-corrected chi connectivity index (χ3v) is 4.24. The third-order valence-electron chi connectivity index (χ3n) is 4.24. The largest absolute Gasteiger partial charge is 0.314 e. The summed E-state index contributed by atoms with van der Waals surface area (Å²) in [7, 11) is 0. The van der Waals surface area contributed by atoms with Crippen molar-refractivity contribution >= 4 is 0 Å². The van der Waals surface area contributed by atoms with E-state index >= 15 is 0 Å². The highest BCUT2D eigenvalue weighted by atomic mass is 14.9. The summed E-state index contributed by atoms with van der Waals surface area (Å²) >= 11 is 0. The number of rotatable bonds is 5. The molecule has 94 valence electrons. The van der Waals surface area contributed by atoms with Crippen molar-refractivity contribution in [1.82, 2.24) is 5.32 Å². The minimum absolute atomic E-state index is 0.551. The maximum Gasteiger partial charge on any atom is 0.0141 e. The SMILES string of the molecule is CCNC(Cc1ccccc1C)C1CC1(C)C. The number of likely N-dealkylation sites (N-methyl/N-ethyl adjacent to an activating group) is 1. The van der Waals surface area contributed by atoms with E-state index in [1.807, 2.05) is 0 Å². The standard InChI is InChI=1S/C16H25N/c1-5-17-15(14-11-16(14,3)4)10-13-9-7-6-8-12(13)2/h6-9,14-15,17H,5,10-11H2,1-4H3. The molecule has 1 aromatic rings. The van der Waals surface area contributed by atoms with Crippen LogP contribution in [0.25, 0.3) is 0 Å². The van der Waals surface area contributed by atoms with E-state index in [0.29, 0.717) is 11.5 Å². The van der Waals surface area contributed by atoms with E-state index in [-0.39, 0.29) is 0 Å². The molecule has 2 atom stereocenters. The van der Waals surface area contributed by atoms with Crippen molar-refractivity contribution in [3.05, 3.63) is 35.4 Å². The smallest absolute Gasteiger partial charge is 0.0141 e. The van der Waals surface area contributed by atoms with Gasteiger partial charge in [0.2, 0.25) is 0 Å². The van der Waals surface area contributed by atoms with Gasteiger partial charge < -0.3 is 5.32 Å². The molecule has 1 aromatic carbocycles. The van der Waals surface area contributed by atoms with E-state index in [1.54, 1.807) is 0 Å². The Balaban J connectivity index is 2.06. The Kier molecular flexibility index (Phi) is 3.58. The average Bonchev–Trinajstić information content (AvgIpc) is 2.90. The second-order valence-electron chi connectivity index (χ2n) is 6.09. The highest BCUT2D eigenvalue weighted by Crippen LogP contribution is 2.54. The average molecular weight is 231 g/mol. The highest BCUT2D eigenvalue weighted by molar-refractivity contribution is 5.27. The van der Waals surface area contributed by atoms with E-state index in [9.17, 15) is 0 Å². The number of benzene rings is 1. The number of nitrogens with one attached hydrogen (secondary N) is 1. The van der Waals surface area contributed by atoms with Gasteiger partial charge in [-0.05, 0) is 48.8 Å². The lowest BCUT2D eigenvalue weighted by Crippen LogP contribution is -2.34. The van der Waals surface area contributed by atoms with Gasteiger partial charge in [0.05, 0.1) is 0 Å². The van der Waals surface area contributed by atoms with Crippen LogP contribution in [0.1, 0.15) is 38.3 Å². The van der Waals surface area contributed by atoms with Gasteiger partial charge in [-0.3, -0.25) is 0 Å². The fraction of sp³-hybridized carbons (Fsp3) is 0.625. The van der Waals surface area contributed by atoms with Crippen LogP contribution in [0.5, 0.6) is 0 Å². The fourth-order valence-electron chi connectivity index (χ4n) is 2.89. The zero-order valence-corrected chi connectivity index (χ0v) is 11.6. The summed E-state index contributed by atoms with van der Waals surface area (Å²) in [5, 5.41) is 3.68. The van der Waals surface area contributed by atoms with Gasteiger partial charge in [0.15, 0.2) is 0 Å². The Morgan fingerprint density at radius 1 is 1.35 bits per heavy atom. The van der Waals surface area contributed by atoms with Crippen LogP contribution in [-0.2, 0) is 6.42 Å². The molecule has 0 amide bonds. The van der Waals surface area contributed by atoms with Gasteiger partial charge in [-0.1, -0.05) is 45.0 Å². The van der Waals surface area contributed by atoms with Crippen molar-refractivity contribution in [1.29, 1.82) is 0 Å². The minimum Gasteiger partial charge on any atom is -0.314 e. The van der Waals surface area contributed by atoms with Gasteiger partial charge >= 0.3 is 0 Å². The molecule has 0 spiro atoms. The van der Waals surface area contributed by atoms with Crippen LogP contribution in [0.15, 0.2) is 24.3 Å². The summed E-state index contributed by atoms with van der Waals surface area (Å²) in [5.74, 6) is 0.849. The summed E-state index contributed by atoms with van der Waals surface area (Å²) < 4.78 is 0. The van der Waals surface area contributed by atoms with Gasteiger partial charge in [-0.25, -0.2) is 0 Å². The number of hydrogen-bond acceptors (Lipinski definition) is 1. The fourth-order valence-corrected chi connectivity index (χ4v) is 2.89. The predicted octanol–water partition coefficient (Wildman–Crippen LogP) is 3.56. The Morgan fingerprint density at radius 3 is 2.53 bits per heavy atom. The molecule has 0 aliphatic heterocycles. The lowest BCUT2D eigenvalue weighted by Gasteiger charge is -2.20. The molecule has 0 radical (unpaired) electrons. The summed E-state index contributed by atoms with van der Waals surface area (Å²) in [6.07, 6.45) is 2.55. The van der Waals surface area contributed by atoms with Crippen LogP contribution in [0.2, 0.25) is 0 Å². The molecule has 0 saturated heterocycles. The van der Waals surface area contributed by atoms with Gasteiger partial charge in [-0.2, -0.15) is 0 Å². The summed E-state index contributed by atoms with van der Waals surface area (Å²) in [4.78, 5) is 0. The van der Waals surface area contributed by atoms with Crippen LogP contribution in [0.4, 0.5) is 0 Å². The van der Waals surface area contributed by atoms with Gasteiger partial charge in [0.25, 0.3) is 0 Å². The zero-order chi connectivity index (χ0) is 12.5. The molecule has 1 N–H and O–H groups in total. The van der Waals surface area contributed by atoms with Crippen LogP contribution in [0, 0.1) is 18.3 Å². The summed E-state index contributed by atoms with van der Waals surface area (Å²) in [6, 6.07) is 9.42. The van der Waals surface area contributed by atoms with E-state index in [4.69, 9.17) is 0 Å². The predicted molar refractivity (Wildman–Crippen MR) is 74.2 cm³/mol. The number of aryl methyl sites for hydroxylation is 1. The lowest BCUT2D eigenvalue weighted by molar-refractivity contribution is 0.409. The Bertz CT molecular complexity index is 381. The molecule has 0 aromatic heterocycles. The summed E-state index contributed by atoms with van der Waals surface area (Å²) in [5.41, 5.74) is 3.48. The van der Waals surface area contributed by atoms with Gasteiger partial charge in [0.1, 0.15) is 0 Å². The lowest BCUT2D eigenvalue weighted by atomic mass is 9.95. The monoisotopic (exact) mass is 231 g/mol. The minimum atomic E-state index is 0.551. The Morgan fingerprint density at radius 2 is 2.00 bits per heavy atom. The Labute approximate surface area is 106 Å². The van der Waals surface area contributed by atoms with Crippen molar-refractivity contribution in [3.63, 3.8) is 0 Å². The molecular weight excluding hydrogens is 206 g/mol. The molecule has 2 unspecified atom stereocenters. The van der Waals surface area contributed by atoms with Crippen LogP contribution < -0.4 is 5.32 Å². The first-order valence-corrected chi connectivity index (χ1v) is 6.82. The molecule has 1 saturated carbocycles. The molecule has 1 nitrogen and oxygen atoms in total. The van der Waals surface area contributed by atoms with Gasteiger partial charge in [-0.15, -0.1) is 0 Å². The molecule has 1 fully saturated rings. The van der Waals surface area contributed by atoms with Crippen molar-refractivity contribution < 1.29 is 0 Å².